The van der Waals surface area contributed by atoms with Crippen LogP contribution in [0.15, 0.2) is 24.5 Å². The van der Waals surface area contributed by atoms with Gasteiger partial charge in [-0.25, -0.2) is 9.37 Å². The minimum absolute atomic E-state index is 0.275. The van der Waals surface area contributed by atoms with Crippen LogP contribution in [0.3, 0.4) is 0 Å². The third kappa shape index (κ3) is 2.04. The van der Waals surface area contributed by atoms with E-state index in [1.807, 2.05) is 0 Å². The number of aromatic amines is 1. The van der Waals surface area contributed by atoms with E-state index in [1.54, 1.807) is 10.6 Å². The van der Waals surface area contributed by atoms with Crippen LogP contribution in [0, 0.1) is 10.6 Å². The van der Waals surface area contributed by atoms with Gasteiger partial charge in [-0.05, 0) is 30.4 Å². The third-order valence-electron chi connectivity index (χ3n) is 2.74. The van der Waals surface area contributed by atoms with E-state index < -0.39 is 5.82 Å². The highest BCUT2D eigenvalue weighted by Gasteiger charge is 2.13. The molecule has 0 amide bonds. The van der Waals surface area contributed by atoms with Gasteiger partial charge < -0.3 is 9.72 Å². The van der Waals surface area contributed by atoms with Gasteiger partial charge in [0.05, 0.1) is 12.8 Å². The lowest BCUT2D eigenvalue weighted by molar-refractivity contribution is 0.401. The molecular weight excluding hydrogens is 303 g/mol. The first kappa shape index (κ1) is 13.0. The summed E-state index contributed by atoms with van der Waals surface area (Å²) in [6, 6.07) is 4.14. The van der Waals surface area contributed by atoms with Crippen LogP contribution in [0.25, 0.3) is 16.9 Å². The van der Waals surface area contributed by atoms with Gasteiger partial charge in [0.15, 0.2) is 10.4 Å². The molecule has 8 heteroatoms. The summed E-state index contributed by atoms with van der Waals surface area (Å²) in [6.45, 7) is 0. The maximum Gasteiger partial charge on any atom is 0.242 e. The molecule has 0 spiro atoms. The lowest BCUT2D eigenvalue weighted by Crippen LogP contribution is -1.97. The van der Waals surface area contributed by atoms with Gasteiger partial charge in [-0.15, -0.1) is 0 Å². The van der Waals surface area contributed by atoms with E-state index in [4.69, 9.17) is 28.6 Å². The Kier molecular flexibility index (Phi) is 3.15. The van der Waals surface area contributed by atoms with Crippen LogP contribution < -0.4 is 4.74 Å². The number of nitrogens with zero attached hydrogens (tertiary/aromatic N) is 3. The SMILES string of the molecule is COc1ncnc2c1[nH]c(=S)n2-c1cc(F)cc(Cl)c1. The molecule has 2 aromatic heterocycles. The minimum atomic E-state index is -0.454. The van der Waals surface area contributed by atoms with Crippen molar-refractivity contribution in [2.75, 3.05) is 7.11 Å². The molecule has 0 fully saturated rings. The number of aromatic nitrogens is 4. The highest BCUT2D eigenvalue weighted by molar-refractivity contribution is 7.71. The van der Waals surface area contributed by atoms with E-state index in [2.05, 4.69) is 15.0 Å². The van der Waals surface area contributed by atoms with Gasteiger partial charge in [0.25, 0.3) is 0 Å². The van der Waals surface area contributed by atoms with Crippen molar-refractivity contribution >= 4 is 35.0 Å². The molecule has 0 radical (unpaired) electrons. The van der Waals surface area contributed by atoms with Crippen LogP contribution in [-0.2, 0) is 0 Å². The molecule has 0 aliphatic rings. The highest BCUT2D eigenvalue weighted by atomic mass is 35.5. The predicted molar refractivity (Wildman–Crippen MR) is 75.6 cm³/mol. The minimum Gasteiger partial charge on any atom is -0.479 e. The summed E-state index contributed by atoms with van der Waals surface area (Å²) in [4.78, 5) is 11.1. The maximum atomic E-state index is 13.5. The zero-order valence-corrected chi connectivity index (χ0v) is 11.8. The Morgan fingerprint density at radius 1 is 1.35 bits per heavy atom. The Balaban J connectivity index is 2.36. The smallest absolute Gasteiger partial charge is 0.242 e. The number of fused-ring (bicyclic) bond motifs is 1. The summed E-state index contributed by atoms with van der Waals surface area (Å²) in [5.41, 5.74) is 1.51. The van der Waals surface area contributed by atoms with E-state index in [9.17, 15) is 4.39 Å². The highest BCUT2D eigenvalue weighted by Crippen LogP contribution is 2.25. The summed E-state index contributed by atoms with van der Waals surface area (Å²) in [7, 11) is 1.50. The van der Waals surface area contributed by atoms with Crippen molar-refractivity contribution < 1.29 is 9.13 Å². The van der Waals surface area contributed by atoms with Gasteiger partial charge in [0.2, 0.25) is 5.88 Å². The standard InChI is InChI=1S/C12H8ClFN4OS/c1-19-11-9-10(15-5-16-11)18(12(20)17-9)8-3-6(13)2-7(14)4-8/h2-5H,1H3,(H,17,20). The quantitative estimate of drug-likeness (QED) is 0.738. The molecule has 3 rings (SSSR count). The van der Waals surface area contributed by atoms with Crippen LogP contribution in [-0.4, -0.2) is 26.6 Å². The largest absolute Gasteiger partial charge is 0.479 e. The fourth-order valence-electron chi connectivity index (χ4n) is 1.96. The number of benzene rings is 1. The van der Waals surface area contributed by atoms with Crippen LogP contribution in [0.1, 0.15) is 0 Å². The Hall–Kier alpha value is -1.99. The first-order valence-electron chi connectivity index (χ1n) is 5.56. The van der Waals surface area contributed by atoms with Crippen molar-refractivity contribution in [1.29, 1.82) is 0 Å². The van der Waals surface area contributed by atoms with Crippen LogP contribution in [0.5, 0.6) is 5.88 Å². The maximum absolute atomic E-state index is 13.5. The number of hydrogen-bond donors (Lipinski definition) is 1. The number of imidazole rings is 1. The lowest BCUT2D eigenvalue weighted by atomic mass is 10.3. The number of halogens is 2. The van der Waals surface area contributed by atoms with E-state index in [0.717, 1.165) is 0 Å². The van der Waals surface area contributed by atoms with Gasteiger partial charge in [-0.3, -0.25) is 4.57 Å². The molecule has 5 nitrogen and oxygen atoms in total. The fourth-order valence-corrected chi connectivity index (χ4v) is 2.47. The second-order valence-corrected chi connectivity index (χ2v) is 4.80. The topological polar surface area (TPSA) is 55.7 Å². The molecule has 0 aliphatic heterocycles. The summed E-state index contributed by atoms with van der Waals surface area (Å²) in [6.07, 6.45) is 1.35. The van der Waals surface area contributed by atoms with Crippen molar-refractivity contribution in [3.63, 3.8) is 0 Å². The Morgan fingerprint density at radius 3 is 2.85 bits per heavy atom. The van der Waals surface area contributed by atoms with Crippen molar-refractivity contribution in [1.82, 2.24) is 19.5 Å². The molecule has 20 heavy (non-hydrogen) atoms. The number of ether oxygens (including phenoxy) is 1. The summed E-state index contributed by atoms with van der Waals surface area (Å²) in [5, 5.41) is 0.275. The molecule has 0 aliphatic carbocycles. The Morgan fingerprint density at radius 2 is 2.15 bits per heavy atom. The lowest BCUT2D eigenvalue weighted by Gasteiger charge is -2.05. The van der Waals surface area contributed by atoms with Crippen LogP contribution >= 0.6 is 23.8 Å². The van der Waals surface area contributed by atoms with E-state index >= 15 is 0 Å². The fraction of sp³-hybridized carbons (Fsp3) is 0.0833. The van der Waals surface area contributed by atoms with Crippen molar-refractivity contribution in [3.05, 3.63) is 40.1 Å². The van der Waals surface area contributed by atoms with Gasteiger partial charge in [-0.2, -0.15) is 4.98 Å². The van der Waals surface area contributed by atoms with Crippen LogP contribution in [0.2, 0.25) is 5.02 Å². The molecule has 0 unspecified atom stereocenters. The number of hydrogen-bond acceptors (Lipinski definition) is 4. The molecule has 0 saturated heterocycles. The van der Waals surface area contributed by atoms with Crippen molar-refractivity contribution in [2.24, 2.45) is 0 Å². The predicted octanol–water partition coefficient (Wildman–Crippen LogP) is 3.28. The van der Waals surface area contributed by atoms with E-state index in [-0.39, 0.29) is 5.02 Å². The third-order valence-corrected chi connectivity index (χ3v) is 3.24. The number of H-pyrrole nitrogens is 1. The molecule has 0 atom stereocenters. The second kappa shape index (κ2) is 4.84. The Labute approximate surface area is 123 Å². The molecule has 0 bridgehead atoms. The first-order chi connectivity index (χ1) is 9.60. The summed E-state index contributed by atoms with van der Waals surface area (Å²) >= 11 is 11.1. The zero-order chi connectivity index (χ0) is 14.3. The average Bonchev–Trinajstić information content (AvgIpc) is 2.73. The number of nitrogens with one attached hydrogen (secondary N) is 1. The summed E-state index contributed by atoms with van der Waals surface area (Å²) in [5.74, 6) is -0.0906. The first-order valence-corrected chi connectivity index (χ1v) is 6.35. The van der Waals surface area contributed by atoms with E-state index in [1.165, 1.54) is 25.6 Å². The number of rotatable bonds is 2. The Bertz CT molecular complexity index is 840. The molecule has 0 saturated carbocycles. The average molecular weight is 311 g/mol. The van der Waals surface area contributed by atoms with Gasteiger partial charge in [-0.1, -0.05) is 11.6 Å². The molecular formula is C12H8ClFN4OS. The van der Waals surface area contributed by atoms with Gasteiger partial charge >= 0.3 is 0 Å². The molecule has 102 valence electrons. The van der Waals surface area contributed by atoms with Gasteiger partial charge in [0, 0.05) is 5.02 Å². The second-order valence-electron chi connectivity index (χ2n) is 3.97. The summed E-state index contributed by atoms with van der Waals surface area (Å²) < 4.78 is 20.6. The van der Waals surface area contributed by atoms with Crippen molar-refractivity contribution in [3.8, 4) is 11.6 Å². The monoisotopic (exact) mass is 310 g/mol. The zero-order valence-electron chi connectivity index (χ0n) is 10.2. The van der Waals surface area contributed by atoms with E-state index in [0.29, 0.717) is 27.5 Å². The van der Waals surface area contributed by atoms with Crippen molar-refractivity contribution in [2.45, 2.75) is 0 Å². The normalized spacial score (nSPS) is 10.9. The molecule has 1 N–H and O–H groups in total. The molecule has 1 aromatic carbocycles. The molecule has 2 heterocycles. The van der Waals surface area contributed by atoms with Gasteiger partial charge in [0.1, 0.15) is 17.7 Å². The number of methoxy groups -OCH3 is 1. The molecule has 3 aromatic rings. The van der Waals surface area contributed by atoms with Crippen LogP contribution in [0.4, 0.5) is 4.39 Å².